The van der Waals surface area contributed by atoms with Crippen molar-refractivity contribution in [2.75, 3.05) is 5.32 Å². The second-order valence-corrected chi connectivity index (χ2v) is 7.09. The van der Waals surface area contributed by atoms with Gasteiger partial charge in [0.2, 0.25) is 5.91 Å². The van der Waals surface area contributed by atoms with Crippen LogP contribution in [0.25, 0.3) is 0 Å². The number of nitrogens with one attached hydrogen (secondary N) is 1. The van der Waals surface area contributed by atoms with Gasteiger partial charge in [0.15, 0.2) is 5.78 Å². The highest BCUT2D eigenvalue weighted by atomic mass is 32.2. The second-order valence-electron chi connectivity index (χ2n) is 5.76. The van der Waals surface area contributed by atoms with Gasteiger partial charge in [-0.3, -0.25) is 9.59 Å². The van der Waals surface area contributed by atoms with Crippen molar-refractivity contribution in [3.63, 3.8) is 0 Å². The topological polar surface area (TPSA) is 82.8 Å². The first-order valence-corrected chi connectivity index (χ1v) is 8.66. The number of amides is 1. The molecule has 2 aromatic rings. The Morgan fingerprint density at radius 3 is 2.64 bits per heavy atom. The van der Waals surface area contributed by atoms with Gasteiger partial charge >= 0.3 is 0 Å². The zero-order valence-corrected chi connectivity index (χ0v) is 15.4. The molecule has 0 aliphatic heterocycles. The molecule has 0 aliphatic carbocycles. The Labute approximate surface area is 151 Å². The molecule has 1 unspecified atom stereocenters. The number of carbonyl (C=O) groups excluding carboxylic acids is 2. The molecule has 6 heteroatoms. The Kier molecular flexibility index (Phi) is 5.94. The highest BCUT2D eigenvalue weighted by molar-refractivity contribution is 8.00. The molecule has 1 atom stereocenters. The van der Waals surface area contributed by atoms with Crippen molar-refractivity contribution in [2.45, 2.75) is 38.0 Å². The molecule has 0 spiro atoms. The summed E-state index contributed by atoms with van der Waals surface area (Å²) < 4.78 is 0. The zero-order valence-electron chi connectivity index (χ0n) is 14.6. The largest absolute Gasteiger partial charge is 0.325 e. The molecule has 0 bridgehead atoms. The SMILES string of the molecule is CC(=O)c1cccc(NC(=O)C(C)Sc2nc(C)cc(C)c2C#N)c1. The monoisotopic (exact) mass is 353 g/mol. The van der Waals surface area contributed by atoms with Gasteiger partial charge in [-0.15, -0.1) is 0 Å². The molecule has 1 amide bonds. The summed E-state index contributed by atoms with van der Waals surface area (Å²) in [4.78, 5) is 28.3. The van der Waals surface area contributed by atoms with Crippen LogP contribution < -0.4 is 5.32 Å². The molecule has 1 aromatic carbocycles. The summed E-state index contributed by atoms with van der Waals surface area (Å²) in [6.45, 7) is 6.95. The van der Waals surface area contributed by atoms with Gasteiger partial charge in [0.25, 0.3) is 0 Å². The van der Waals surface area contributed by atoms with E-state index in [-0.39, 0.29) is 11.7 Å². The van der Waals surface area contributed by atoms with Crippen LogP contribution in [0.1, 0.15) is 41.0 Å². The molecule has 0 aliphatic rings. The lowest BCUT2D eigenvalue weighted by molar-refractivity contribution is -0.115. The summed E-state index contributed by atoms with van der Waals surface area (Å²) in [5.74, 6) is -0.271. The summed E-state index contributed by atoms with van der Waals surface area (Å²) in [6.07, 6.45) is 0. The van der Waals surface area contributed by atoms with Crippen LogP contribution in [0.4, 0.5) is 5.69 Å². The van der Waals surface area contributed by atoms with Gasteiger partial charge in [-0.2, -0.15) is 5.26 Å². The highest BCUT2D eigenvalue weighted by Gasteiger charge is 2.19. The number of hydrogen-bond donors (Lipinski definition) is 1. The number of thioether (sulfide) groups is 1. The average molecular weight is 353 g/mol. The summed E-state index contributed by atoms with van der Waals surface area (Å²) in [5.41, 5.74) is 3.26. The van der Waals surface area contributed by atoms with Crippen LogP contribution in [-0.4, -0.2) is 21.9 Å². The number of pyridine rings is 1. The number of rotatable bonds is 5. The van der Waals surface area contributed by atoms with Crippen LogP contribution in [0.15, 0.2) is 35.4 Å². The lowest BCUT2D eigenvalue weighted by Crippen LogP contribution is -2.22. The first kappa shape index (κ1) is 18.7. The van der Waals surface area contributed by atoms with Gasteiger partial charge in [0.05, 0.1) is 10.8 Å². The average Bonchev–Trinajstić information content (AvgIpc) is 2.54. The van der Waals surface area contributed by atoms with Crippen molar-refractivity contribution >= 4 is 29.1 Å². The van der Waals surface area contributed by atoms with Crippen molar-refractivity contribution in [3.8, 4) is 6.07 Å². The first-order valence-electron chi connectivity index (χ1n) is 7.78. The van der Waals surface area contributed by atoms with E-state index in [9.17, 15) is 14.9 Å². The fraction of sp³-hybridized carbons (Fsp3) is 0.263. The van der Waals surface area contributed by atoms with Gasteiger partial charge in [-0.25, -0.2) is 4.98 Å². The minimum Gasteiger partial charge on any atom is -0.325 e. The smallest absolute Gasteiger partial charge is 0.237 e. The lowest BCUT2D eigenvalue weighted by Gasteiger charge is -2.14. The molecule has 0 radical (unpaired) electrons. The summed E-state index contributed by atoms with van der Waals surface area (Å²) >= 11 is 1.25. The molecule has 5 nitrogen and oxygen atoms in total. The normalized spacial score (nSPS) is 11.5. The number of aryl methyl sites for hydroxylation is 2. The Morgan fingerprint density at radius 2 is 2.00 bits per heavy atom. The quantitative estimate of drug-likeness (QED) is 0.651. The standard InChI is InChI=1S/C19H19N3O2S/c1-11-8-12(2)21-19(17(11)10-20)25-14(4)18(24)22-16-7-5-6-15(9-16)13(3)23/h5-9,14H,1-4H3,(H,22,24). The van der Waals surface area contributed by atoms with Crippen LogP contribution in [0, 0.1) is 25.2 Å². The van der Waals surface area contributed by atoms with Crippen molar-refractivity contribution in [2.24, 2.45) is 0 Å². The van der Waals surface area contributed by atoms with E-state index in [1.54, 1.807) is 31.2 Å². The molecule has 0 saturated carbocycles. The van der Waals surface area contributed by atoms with E-state index in [0.29, 0.717) is 21.8 Å². The van der Waals surface area contributed by atoms with Gasteiger partial charge in [-0.1, -0.05) is 23.9 Å². The van der Waals surface area contributed by atoms with Crippen LogP contribution in [-0.2, 0) is 4.79 Å². The molecule has 1 heterocycles. The van der Waals surface area contributed by atoms with Gasteiger partial charge in [0, 0.05) is 16.9 Å². The van der Waals surface area contributed by atoms with Gasteiger partial charge < -0.3 is 5.32 Å². The van der Waals surface area contributed by atoms with Crippen LogP contribution in [0.2, 0.25) is 0 Å². The Hall–Kier alpha value is -2.65. The summed E-state index contributed by atoms with van der Waals surface area (Å²) in [7, 11) is 0. The molecule has 2 rings (SSSR count). The Balaban J connectivity index is 2.15. The summed E-state index contributed by atoms with van der Waals surface area (Å²) in [6, 6.07) is 10.8. The van der Waals surface area contributed by atoms with Crippen molar-refractivity contribution in [1.82, 2.24) is 4.98 Å². The van der Waals surface area contributed by atoms with Gasteiger partial charge in [-0.05, 0) is 51.5 Å². The molecule has 1 aromatic heterocycles. The fourth-order valence-electron chi connectivity index (χ4n) is 2.30. The molecular formula is C19H19N3O2S. The molecule has 0 fully saturated rings. The minimum absolute atomic E-state index is 0.0587. The number of carbonyl (C=O) groups is 2. The first-order chi connectivity index (χ1) is 11.8. The zero-order chi connectivity index (χ0) is 18.6. The molecule has 0 saturated heterocycles. The third-order valence-corrected chi connectivity index (χ3v) is 4.70. The minimum atomic E-state index is -0.443. The number of nitrogens with zero attached hydrogens (tertiary/aromatic N) is 2. The summed E-state index contributed by atoms with van der Waals surface area (Å²) in [5, 5.41) is 12.2. The maximum Gasteiger partial charge on any atom is 0.237 e. The number of aromatic nitrogens is 1. The maximum atomic E-state index is 12.4. The van der Waals surface area contributed by atoms with E-state index in [1.165, 1.54) is 18.7 Å². The number of nitriles is 1. The Morgan fingerprint density at radius 1 is 1.28 bits per heavy atom. The Bertz CT molecular complexity index is 871. The van der Waals surface area contributed by atoms with E-state index in [1.807, 2.05) is 19.9 Å². The van der Waals surface area contributed by atoms with Crippen molar-refractivity contribution in [3.05, 3.63) is 52.7 Å². The predicted octanol–water partition coefficient (Wildman–Crippen LogP) is 3.89. The number of ketones is 1. The molecular weight excluding hydrogens is 334 g/mol. The van der Waals surface area contributed by atoms with E-state index in [4.69, 9.17) is 0 Å². The van der Waals surface area contributed by atoms with E-state index >= 15 is 0 Å². The van der Waals surface area contributed by atoms with Crippen LogP contribution in [0.3, 0.4) is 0 Å². The molecule has 25 heavy (non-hydrogen) atoms. The van der Waals surface area contributed by atoms with Crippen LogP contribution in [0.5, 0.6) is 0 Å². The number of anilines is 1. The van der Waals surface area contributed by atoms with E-state index in [0.717, 1.165) is 11.3 Å². The molecule has 128 valence electrons. The van der Waals surface area contributed by atoms with E-state index < -0.39 is 5.25 Å². The highest BCUT2D eigenvalue weighted by Crippen LogP contribution is 2.28. The number of benzene rings is 1. The second kappa shape index (κ2) is 7.95. The van der Waals surface area contributed by atoms with Crippen LogP contribution >= 0.6 is 11.8 Å². The molecule has 1 N–H and O–H groups in total. The number of Topliss-reactive ketones (excluding diaryl/α,β-unsaturated/α-hetero) is 1. The lowest BCUT2D eigenvalue weighted by atomic mass is 10.1. The van der Waals surface area contributed by atoms with Crippen molar-refractivity contribution in [1.29, 1.82) is 5.26 Å². The third kappa shape index (κ3) is 4.68. The third-order valence-electron chi connectivity index (χ3n) is 3.62. The van der Waals surface area contributed by atoms with Crippen molar-refractivity contribution < 1.29 is 9.59 Å². The van der Waals surface area contributed by atoms with Gasteiger partial charge in [0.1, 0.15) is 11.1 Å². The predicted molar refractivity (Wildman–Crippen MR) is 98.8 cm³/mol. The fourth-order valence-corrected chi connectivity index (χ4v) is 3.33. The maximum absolute atomic E-state index is 12.4. The van der Waals surface area contributed by atoms with E-state index in [2.05, 4.69) is 16.4 Å². The number of hydrogen-bond acceptors (Lipinski definition) is 5.